The van der Waals surface area contributed by atoms with Crippen LogP contribution in [0.25, 0.3) is 0 Å². The van der Waals surface area contributed by atoms with Gasteiger partial charge in [0.15, 0.2) is 4.88 Å². The minimum atomic E-state index is -1.04. The molecular formula is C13H10ClFO3S. The van der Waals surface area contributed by atoms with E-state index in [1.165, 1.54) is 12.1 Å². The average molecular weight is 301 g/mol. The molecule has 0 fully saturated rings. The zero-order valence-electron chi connectivity index (χ0n) is 9.94. The molecule has 1 N–H and O–H groups in total. The number of hydrogen-bond donors (Lipinski definition) is 1. The quantitative estimate of drug-likeness (QED) is 0.923. The van der Waals surface area contributed by atoms with Crippen LogP contribution in [0.2, 0.25) is 5.02 Å². The molecule has 0 saturated heterocycles. The fraction of sp³-hybridized carbons (Fsp3) is 0.154. The highest BCUT2D eigenvalue weighted by Gasteiger charge is 2.16. The van der Waals surface area contributed by atoms with Crippen LogP contribution in [0.3, 0.4) is 0 Å². The summed E-state index contributed by atoms with van der Waals surface area (Å²) in [4.78, 5) is 12.0. The van der Waals surface area contributed by atoms with E-state index in [1.807, 2.05) is 0 Å². The molecule has 0 radical (unpaired) electrons. The predicted octanol–water partition coefficient (Wildman–Crippen LogP) is 4.13. The summed E-state index contributed by atoms with van der Waals surface area (Å²) in [6.45, 7) is 1.81. The molecule has 3 nitrogen and oxygen atoms in total. The lowest BCUT2D eigenvalue weighted by molar-refractivity contribution is 0.0697. The van der Waals surface area contributed by atoms with E-state index in [-0.39, 0.29) is 22.3 Å². The number of aromatic carboxylic acids is 1. The minimum Gasteiger partial charge on any atom is -0.487 e. The van der Waals surface area contributed by atoms with E-state index in [0.29, 0.717) is 5.56 Å². The van der Waals surface area contributed by atoms with E-state index in [1.54, 1.807) is 19.1 Å². The second-order valence-corrected chi connectivity index (χ2v) is 5.49. The molecule has 1 heterocycles. The molecule has 0 aliphatic carbocycles. The molecule has 100 valence electrons. The lowest BCUT2D eigenvalue weighted by Gasteiger charge is -2.07. The molecular weight excluding hydrogens is 291 g/mol. The van der Waals surface area contributed by atoms with Gasteiger partial charge in [-0.2, -0.15) is 0 Å². The predicted molar refractivity (Wildman–Crippen MR) is 71.8 cm³/mol. The zero-order valence-corrected chi connectivity index (χ0v) is 11.5. The minimum absolute atomic E-state index is 0.00803. The molecule has 0 atom stereocenters. The lowest BCUT2D eigenvalue weighted by atomic mass is 10.2. The number of benzene rings is 1. The summed E-state index contributed by atoms with van der Waals surface area (Å²) in [5.41, 5.74) is 0.474. The molecule has 2 rings (SSSR count). The largest absolute Gasteiger partial charge is 0.487 e. The molecule has 0 spiro atoms. The van der Waals surface area contributed by atoms with Gasteiger partial charge in [0.05, 0.1) is 5.02 Å². The number of ether oxygens (including phenoxy) is 1. The summed E-state index contributed by atoms with van der Waals surface area (Å²) in [6.07, 6.45) is 0. The van der Waals surface area contributed by atoms with E-state index in [9.17, 15) is 9.18 Å². The van der Waals surface area contributed by atoms with Crippen molar-refractivity contribution in [3.8, 4) is 5.75 Å². The topological polar surface area (TPSA) is 46.5 Å². The summed E-state index contributed by atoms with van der Waals surface area (Å²) >= 11 is 6.93. The first-order valence-electron chi connectivity index (χ1n) is 5.38. The van der Waals surface area contributed by atoms with Crippen molar-refractivity contribution >= 4 is 28.9 Å². The number of halogens is 2. The van der Waals surface area contributed by atoms with Crippen LogP contribution in [-0.4, -0.2) is 11.1 Å². The number of carboxylic acids is 1. The Morgan fingerprint density at radius 2 is 2.26 bits per heavy atom. The van der Waals surface area contributed by atoms with Crippen LogP contribution < -0.4 is 4.74 Å². The first kappa shape index (κ1) is 13.8. The first-order valence-corrected chi connectivity index (χ1v) is 6.58. The summed E-state index contributed by atoms with van der Waals surface area (Å²) in [7, 11) is 0. The van der Waals surface area contributed by atoms with E-state index in [0.717, 1.165) is 16.2 Å². The Bertz CT molecular complexity index is 624. The van der Waals surface area contributed by atoms with Crippen LogP contribution in [0.15, 0.2) is 24.3 Å². The highest BCUT2D eigenvalue weighted by Crippen LogP contribution is 2.30. The number of rotatable bonds is 4. The van der Waals surface area contributed by atoms with Crippen molar-refractivity contribution in [1.82, 2.24) is 0 Å². The van der Waals surface area contributed by atoms with Crippen LogP contribution in [0.5, 0.6) is 5.75 Å². The van der Waals surface area contributed by atoms with Gasteiger partial charge in [-0.1, -0.05) is 23.7 Å². The third-order valence-corrected chi connectivity index (χ3v) is 3.87. The third kappa shape index (κ3) is 3.05. The standard InChI is InChI=1S/C13H10ClFO3S/c1-7-5-10(12(19-7)13(16)17)18-6-8-3-2-4-9(15)11(8)14/h2-5H,6H2,1H3,(H,16,17). The number of thiophene rings is 1. The average Bonchev–Trinajstić information content (AvgIpc) is 2.73. The van der Waals surface area contributed by atoms with Crippen LogP contribution in [-0.2, 0) is 6.61 Å². The molecule has 6 heteroatoms. The Hall–Kier alpha value is -1.59. The van der Waals surface area contributed by atoms with Gasteiger partial charge < -0.3 is 9.84 Å². The Kier molecular flexibility index (Phi) is 4.07. The smallest absolute Gasteiger partial charge is 0.349 e. The van der Waals surface area contributed by atoms with Crippen molar-refractivity contribution in [3.05, 3.63) is 50.4 Å². The Balaban J connectivity index is 2.19. The van der Waals surface area contributed by atoms with Gasteiger partial charge in [0.25, 0.3) is 0 Å². The van der Waals surface area contributed by atoms with Crippen LogP contribution in [0, 0.1) is 12.7 Å². The normalized spacial score (nSPS) is 10.5. The zero-order chi connectivity index (χ0) is 14.0. The first-order chi connectivity index (χ1) is 8.99. The van der Waals surface area contributed by atoms with E-state index >= 15 is 0 Å². The van der Waals surface area contributed by atoms with Gasteiger partial charge in [0.2, 0.25) is 0 Å². The molecule has 0 amide bonds. The van der Waals surface area contributed by atoms with Gasteiger partial charge in [-0.05, 0) is 19.1 Å². The summed E-state index contributed by atoms with van der Waals surface area (Å²) in [6, 6.07) is 6.05. The van der Waals surface area contributed by atoms with Crippen molar-refractivity contribution in [1.29, 1.82) is 0 Å². The van der Waals surface area contributed by atoms with E-state index in [4.69, 9.17) is 21.4 Å². The molecule has 0 bridgehead atoms. The number of aryl methyl sites for hydroxylation is 1. The molecule has 0 aliphatic heterocycles. The monoisotopic (exact) mass is 300 g/mol. The molecule has 1 aromatic carbocycles. The highest BCUT2D eigenvalue weighted by molar-refractivity contribution is 7.14. The van der Waals surface area contributed by atoms with Crippen molar-refractivity contribution in [2.75, 3.05) is 0 Å². The van der Waals surface area contributed by atoms with E-state index < -0.39 is 11.8 Å². The lowest BCUT2D eigenvalue weighted by Crippen LogP contribution is -2.01. The van der Waals surface area contributed by atoms with Crippen molar-refractivity contribution in [3.63, 3.8) is 0 Å². The van der Waals surface area contributed by atoms with Crippen LogP contribution >= 0.6 is 22.9 Å². The van der Waals surface area contributed by atoms with Gasteiger partial charge in [0, 0.05) is 10.4 Å². The maximum absolute atomic E-state index is 13.2. The summed E-state index contributed by atoms with van der Waals surface area (Å²) in [5, 5.41) is 9.01. The molecule has 0 unspecified atom stereocenters. The number of carboxylic acid groups (broad SMARTS) is 1. The van der Waals surface area contributed by atoms with Gasteiger partial charge in [0.1, 0.15) is 18.2 Å². The third-order valence-electron chi connectivity index (χ3n) is 2.43. The van der Waals surface area contributed by atoms with Gasteiger partial charge in [-0.25, -0.2) is 9.18 Å². The molecule has 0 aliphatic rings. The van der Waals surface area contributed by atoms with Crippen molar-refractivity contribution < 1.29 is 19.0 Å². The van der Waals surface area contributed by atoms with E-state index in [2.05, 4.69) is 0 Å². The second-order valence-electron chi connectivity index (χ2n) is 3.86. The molecule has 19 heavy (non-hydrogen) atoms. The van der Waals surface area contributed by atoms with Crippen molar-refractivity contribution in [2.24, 2.45) is 0 Å². The van der Waals surface area contributed by atoms with Crippen LogP contribution in [0.4, 0.5) is 4.39 Å². The number of carbonyl (C=O) groups is 1. The second kappa shape index (κ2) is 5.59. The molecule has 2 aromatic rings. The molecule has 0 saturated carbocycles. The summed E-state index contributed by atoms with van der Waals surface area (Å²) < 4.78 is 18.7. The fourth-order valence-corrected chi connectivity index (χ4v) is 2.54. The Morgan fingerprint density at radius 3 is 2.95 bits per heavy atom. The van der Waals surface area contributed by atoms with Gasteiger partial charge in [-0.15, -0.1) is 11.3 Å². The van der Waals surface area contributed by atoms with Gasteiger partial charge >= 0.3 is 5.97 Å². The maximum atomic E-state index is 13.2. The number of hydrogen-bond acceptors (Lipinski definition) is 3. The van der Waals surface area contributed by atoms with Crippen LogP contribution in [0.1, 0.15) is 20.1 Å². The fourth-order valence-electron chi connectivity index (χ4n) is 1.56. The maximum Gasteiger partial charge on any atom is 0.349 e. The SMILES string of the molecule is Cc1cc(OCc2cccc(F)c2Cl)c(C(=O)O)s1. The van der Waals surface area contributed by atoms with Crippen molar-refractivity contribution in [2.45, 2.75) is 13.5 Å². The molecule has 1 aromatic heterocycles. The van der Waals surface area contributed by atoms with Gasteiger partial charge in [-0.3, -0.25) is 0 Å². The highest BCUT2D eigenvalue weighted by atomic mass is 35.5. The summed E-state index contributed by atoms with van der Waals surface area (Å²) in [5.74, 6) is -1.29. The Morgan fingerprint density at radius 1 is 1.53 bits per heavy atom. The Labute approximate surface area is 118 Å².